The molecule has 2 aromatic heterocycles. The molecule has 3 N–H and O–H groups in total. The lowest BCUT2D eigenvalue weighted by Crippen LogP contribution is -2.14. The van der Waals surface area contributed by atoms with E-state index in [0.29, 0.717) is 11.5 Å². The molecule has 0 atom stereocenters. The Hall–Kier alpha value is -3.35. The van der Waals surface area contributed by atoms with Gasteiger partial charge in [-0.15, -0.1) is 0 Å². The van der Waals surface area contributed by atoms with Crippen molar-refractivity contribution in [3.8, 4) is 11.4 Å². The molecule has 0 unspecified atom stereocenters. The fourth-order valence-electron chi connectivity index (χ4n) is 2.05. The van der Waals surface area contributed by atoms with Crippen LogP contribution in [0.4, 0.5) is 15.9 Å². The first-order chi connectivity index (χ1) is 11.1. The van der Waals surface area contributed by atoms with Gasteiger partial charge in [-0.05, 0) is 24.3 Å². The van der Waals surface area contributed by atoms with Gasteiger partial charge in [-0.2, -0.15) is 0 Å². The van der Waals surface area contributed by atoms with Gasteiger partial charge in [0.25, 0.3) is 5.91 Å². The summed E-state index contributed by atoms with van der Waals surface area (Å²) >= 11 is 0. The van der Waals surface area contributed by atoms with E-state index in [9.17, 15) is 9.18 Å². The first-order valence-corrected chi connectivity index (χ1v) is 6.73. The van der Waals surface area contributed by atoms with E-state index in [2.05, 4.69) is 20.3 Å². The standard InChI is InChI=1S/C16H12FN5O/c17-11-8-13(14(18)23)16(21-9-11)22-12-4-1-3-10(7-12)15-19-5-2-6-20-15/h1-9H,(H2,18,23)(H,21,22). The normalized spacial score (nSPS) is 10.3. The number of carbonyl (C=O) groups excluding carboxylic acids is 1. The number of rotatable bonds is 4. The second kappa shape index (κ2) is 6.18. The quantitative estimate of drug-likeness (QED) is 0.772. The molecule has 0 fully saturated rings. The van der Waals surface area contributed by atoms with Crippen molar-refractivity contribution >= 4 is 17.4 Å². The van der Waals surface area contributed by atoms with Crippen LogP contribution >= 0.6 is 0 Å². The predicted octanol–water partition coefficient (Wildman–Crippen LogP) is 2.52. The van der Waals surface area contributed by atoms with Crippen LogP contribution in [0.25, 0.3) is 11.4 Å². The first-order valence-electron chi connectivity index (χ1n) is 6.73. The maximum absolute atomic E-state index is 13.2. The number of carbonyl (C=O) groups is 1. The van der Waals surface area contributed by atoms with Crippen LogP contribution in [-0.4, -0.2) is 20.9 Å². The molecule has 0 radical (unpaired) electrons. The van der Waals surface area contributed by atoms with Gasteiger partial charge >= 0.3 is 0 Å². The largest absolute Gasteiger partial charge is 0.365 e. The van der Waals surface area contributed by atoms with Gasteiger partial charge in [0.1, 0.15) is 11.6 Å². The minimum Gasteiger partial charge on any atom is -0.365 e. The number of anilines is 2. The molecule has 3 rings (SSSR count). The molecule has 7 heteroatoms. The van der Waals surface area contributed by atoms with Gasteiger partial charge in [-0.3, -0.25) is 4.79 Å². The Bertz CT molecular complexity index is 854. The van der Waals surface area contributed by atoms with Crippen LogP contribution in [0.15, 0.2) is 55.0 Å². The summed E-state index contributed by atoms with van der Waals surface area (Å²) in [6.07, 6.45) is 4.31. The van der Waals surface area contributed by atoms with Crippen molar-refractivity contribution in [2.24, 2.45) is 5.73 Å². The highest BCUT2D eigenvalue weighted by atomic mass is 19.1. The van der Waals surface area contributed by atoms with Gasteiger partial charge in [0.2, 0.25) is 0 Å². The van der Waals surface area contributed by atoms with Crippen LogP contribution in [0.5, 0.6) is 0 Å². The maximum Gasteiger partial charge on any atom is 0.252 e. The van der Waals surface area contributed by atoms with E-state index in [1.165, 1.54) is 0 Å². The lowest BCUT2D eigenvalue weighted by atomic mass is 10.1. The van der Waals surface area contributed by atoms with E-state index in [0.717, 1.165) is 17.8 Å². The average Bonchev–Trinajstić information content (AvgIpc) is 2.57. The summed E-state index contributed by atoms with van der Waals surface area (Å²) in [5, 5.41) is 2.96. The molecule has 0 saturated heterocycles. The van der Waals surface area contributed by atoms with E-state index in [1.807, 2.05) is 12.1 Å². The summed E-state index contributed by atoms with van der Waals surface area (Å²) in [7, 11) is 0. The summed E-state index contributed by atoms with van der Waals surface area (Å²) in [5.41, 5.74) is 6.67. The molecule has 0 aliphatic heterocycles. The van der Waals surface area contributed by atoms with Crippen molar-refractivity contribution in [1.82, 2.24) is 15.0 Å². The van der Waals surface area contributed by atoms with E-state index >= 15 is 0 Å². The van der Waals surface area contributed by atoms with E-state index in [4.69, 9.17) is 5.73 Å². The molecule has 0 saturated carbocycles. The monoisotopic (exact) mass is 309 g/mol. The fourth-order valence-corrected chi connectivity index (χ4v) is 2.05. The summed E-state index contributed by atoms with van der Waals surface area (Å²) in [6, 6.07) is 10.0. The SMILES string of the molecule is NC(=O)c1cc(F)cnc1Nc1cccc(-c2ncccn2)c1. The zero-order valence-corrected chi connectivity index (χ0v) is 11.9. The Kier molecular flexibility index (Phi) is 3.92. The molecule has 114 valence electrons. The first kappa shape index (κ1) is 14.6. The number of halogens is 1. The number of nitrogens with one attached hydrogen (secondary N) is 1. The number of amides is 1. The number of aromatic nitrogens is 3. The Balaban J connectivity index is 1.94. The Labute approximate surface area is 131 Å². The van der Waals surface area contributed by atoms with E-state index in [1.54, 1.807) is 30.6 Å². The van der Waals surface area contributed by atoms with E-state index < -0.39 is 11.7 Å². The third-order valence-electron chi connectivity index (χ3n) is 3.07. The maximum atomic E-state index is 13.2. The van der Waals surface area contributed by atoms with Crippen LogP contribution in [0, 0.1) is 5.82 Å². The van der Waals surface area contributed by atoms with Crippen LogP contribution in [-0.2, 0) is 0 Å². The minimum absolute atomic E-state index is 0.0219. The molecule has 1 amide bonds. The molecule has 0 aliphatic carbocycles. The van der Waals surface area contributed by atoms with Gasteiger partial charge in [0.15, 0.2) is 5.82 Å². The smallest absolute Gasteiger partial charge is 0.252 e. The van der Waals surface area contributed by atoms with Crippen LogP contribution < -0.4 is 11.1 Å². The number of primary amides is 1. The molecule has 6 nitrogen and oxygen atoms in total. The summed E-state index contributed by atoms with van der Waals surface area (Å²) in [5.74, 6) is -0.638. The Morgan fingerprint density at radius 1 is 1.09 bits per heavy atom. The number of benzene rings is 1. The lowest BCUT2D eigenvalue weighted by molar-refractivity contribution is 0.100. The third kappa shape index (κ3) is 3.29. The zero-order chi connectivity index (χ0) is 16.2. The topological polar surface area (TPSA) is 93.8 Å². The summed E-state index contributed by atoms with van der Waals surface area (Å²) < 4.78 is 13.2. The number of hydrogen-bond acceptors (Lipinski definition) is 5. The molecule has 0 bridgehead atoms. The molecule has 1 aromatic carbocycles. The third-order valence-corrected chi connectivity index (χ3v) is 3.07. The summed E-state index contributed by atoms with van der Waals surface area (Å²) in [4.78, 5) is 23.6. The number of nitrogens with zero attached hydrogens (tertiary/aromatic N) is 3. The Morgan fingerprint density at radius 3 is 2.61 bits per heavy atom. The molecular formula is C16H12FN5O. The molecule has 23 heavy (non-hydrogen) atoms. The van der Waals surface area contributed by atoms with Gasteiger partial charge in [0.05, 0.1) is 11.8 Å². The fraction of sp³-hybridized carbons (Fsp3) is 0. The van der Waals surface area contributed by atoms with E-state index in [-0.39, 0.29) is 11.4 Å². The van der Waals surface area contributed by atoms with Crippen molar-refractivity contribution in [3.63, 3.8) is 0 Å². The van der Waals surface area contributed by atoms with Gasteiger partial charge in [0, 0.05) is 23.6 Å². The second-order valence-corrected chi connectivity index (χ2v) is 4.69. The van der Waals surface area contributed by atoms with Crippen molar-refractivity contribution in [1.29, 1.82) is 0 Å². The minimum atomic E-state index is -0.762. The second-order valence-electron chi connectivity index (χ2n) is 4.69. The molecule has 0 aliphatic rings. The highest BCUT2D eigenvalue weighted by Crippen LogP contribution is 2.23. The number of hydrogen-bond donors (Lipinski definition) is 2. The molecule has 0 spiro atoms. The number of pyridine rings is 1. The van der Waals surface area contributed by atoms with Crippen molar-refractivity contribution in [2.75, 3.05) is 5.32 Å². The highest BCUT2D eigenvalue weighted by molar-refractivity contribution is 5.98. The van der Waals surface area contributed by atoms with Crippen molar-refractivity contribution < 1.29 is 9.18 Å². The van der Waals surface area contributed by atoms with Crippen LogP contribution in [0.3, 0.4) is 0 Å². The zero-order valence-electron chi connectivity index (χ0n) is 11.9. The van der Waals surface area contributed by atoms with Gasteiger partial charge < -0.3 is 11.1 Å². The van der Waals surface area contributed by atoms with Crippen LogP contribution in [0.1, 0.15) is 10.4 Å². The molecular weight excluding hydrogens is 297 g/mol. The predicted molar refractivity (Wildman–Crippen MR) is 83.5 cm³/mol. The number of nitrogens with two attached hydrogens (primary N) is 1. The average molecular weight is 309 g/mol. The molecule has 2 heterocycles. The summed E-state index contributed by atoms with van der Waals surface area (Å²) in [6.45, 7) is 0. The lowest BCUT2D eigenvalue weighted by Gasteiger charge is -2.10. The van der Waals surface area contributed by atoms with Crippen molar-refractivity contribution in [2.45, 2.75) is 0 Å². The van der Waals surface area contributed by atoms with Crippen LogP contribution in [0.2, 0.25) is 0 Å². The van der Waals surface area contributed by atoms with Crippen molar-refractivity contribution in [3.05, 3.63) is 66.4 Å². The van der Waals surface area contributed by atoms with Gasteiger partial charge in [-0.25, -0.2) is 19.3 Å². The molecule has 3 aromatic rings. The highest BCUT2D eigenvalue weighted by Gasteiger charge is 2.12. The van der Waals surface area contributed by atoms with Gasteiger partial charge in [-0.1, -0.05) is 12.1 Å². The Morgan fingerprint density at radius 2 is 1.87 bits per heavy atom.